The number of aromatic nitrogens is 1. The van der Waals surface area contributed by atoms with Gasteiger partial charge in [-0.25, -0.2) is 9.37 Å². The van der Waals surface area contributed by atoms with Crippen LogP contribution in [0, 0.1) is 5.82 Å². The first-order valence-corrected chi connectivity index (χ1v) is 14.0. The first-order valence-electron chi connectivity index (χ1n) is 12.2. The highest BCUT2D eigenvalue weighted by molar-refractivity contribution is 8.00. The third-order valence-corrected chi connectivity index (χ3v) is 7.80. The molecule has 2 amide bonds. The average Bonchev–Trinajstić information content (AvgIpc) is 3.41. The van der Waals surface area contributed by atoms with Gasteiger partial charge in [-0.05, 0) is 53.6 Å². The molecule has 1 unspecified atom stereocenters. The largest absolute Gasteiger partial charge is 0.326 e. The molecule has 0 spiro atoms. The van der Waals surface area contributed by atoms with Crippen molar-refractivity contribution >= 4 is 45.7 Å². The smallest absolute Gasteiger partial charge is 0.244 e. The van der Waals surface area contributed by atoms with Crippen LogP contribution in [0.4, 0.5) is 15.2 Å². The lowest BCUT2D eigenvalue weighted by atomic mass is 10.1. The van der Waals surface area contributed by atoms with Gasteiger partial charge in [0.2, 0.25) is 11.8 Å². The van der Waals surface area contributed by atoms with Crippen molar-refractivity contribution in [3.05, 3.63) is 132 Å². The molecule has 0 saturated carbocycles. The maximum atomic E-state index is 13.5. The fraction of sp³-hybridized carbons (Fsp3) is 0.0645. The molecule has 0 bridgehead atoms. The Labute approximate surface area is 234 Å². The summed E-state index contributed by atoms with van der Waals surface area (Å²) in [7, 11) is 0. The lowest BCUT2D eigenvalue weighted by molar-refractivity contribution is -0.116. The predicted molar refractivity (Wildman–Crippen MR) is 156 cm³/mol. The van der Waals surface area contributed by atoms with Crippen LogP contribution in [0.2, 0.25) is 0 Å². The van der Waals surface area contributed by atoms with Crippen molar-refractivity contribution in [1.29, 1.82) is 0 Å². The molecule has 8 heteroatoms. The Bertz CT molecular complexity index is 1560. The number of amides is 2. The summed E-state index contributed by atoms with van der Waals surface area (Å²) >= 11 is 2.70. The Morgan fingerprint density at radius 3 is 2.31 bits per heavy atom. The number of hydrogen-bond acceptors (Lipinski definition) is 5. The second-order valence-electron chi connectivity index (χ2n) is 8.68. The first-order chi connectivity index (χ1) is 19.0. The zero-order chi connectivity index (χ0) is 27.0. The maximum Gasteiger partial charge on any atom is 0.244 e. The van der Waals surface area contributed by atoms with Crippen molar-refractivity contribution in [1.82, 2.24) is 4.98 Å². The molecular weight excluding hydrogens is 529 g/mol. The Balaban J connectivity index is 1.30. The van der Waals surface area contributed by atoms with E-state index >= 15 is 0 Å². The number of halogens is 1. The highest BCUT2D eigenvalue weighted by atomic mass is 32.2. The number of carbonyl (C=O) groups excluding carboxylic acids is 2. The molecule has 5 aromatic rings. The van der Waals surface area contributed by atoms with Crippen LogP contribution in [0.1, 0.15) is 16.4 Å². The van der Waals surface area contributed by atoms with Crippen LogP contribution in [-0.4, -0.2) is 16.8 Å². The van der Waals surface area contributed by atoms with E-state index in [1.165, 1.54) is 35.2 Å². The van der Waals surface area contributed by atoms with E-state index in [1.807, 2.05) is 90.3 Å². The molecule has 0 aliphatic carbocycles. The van der Waals surface area contributed by atoms with Crippen molar-refractivity contribution in [2.75, 3.05) is 10.6 Å². The molecule has 0 aliphatic heterocycles. The number of carbonyl (C=O) groups is 2. The summed E-state index contributed by atoms with van der Waals surface area (Å²) in [5.41, 5.74) is 3.88. The number of hydrogen-bond donors (Lipinski definition) is 2. The SMILES string of the molecule is O=C(Cc1ccccc1)Nc1cccc(SC(C(=O)Nc2nc(-c3ccc(F)cc3)cs2)c2ccccc2)c1. The lowest BCUT2D eigenvalue weighted by Crippen LogP contribution is -2.19. The van der Waals surface area contributed by atoms with E-state index in [0.29, 0.717) is 16.5 Å². The molecule has 1 aromatic heterocycles. The van der Waals surface area contributed by atoms with E-state index in [4.69, 9.17) is 0 Å². The van der Waals surface area contributed by atoms with Crippen LogP contribution >= 0.6 is 23.1 Å². The van der Waals surface area contributed by atoms with Gasteiger partial charge in [0, 0.05) is 21.5 Å². The molecular formula is C31H24FN3O2S2. The number of nitrogens with zero attached hydrogens (tertiary/aromatic N) is 1. The van der Waals surface area contributed by atoms with Crippen LogP contribution in [-0.2, 0) is 16.0 Å². The first kappa shape index (κ1) is 26.3. The van der Waals surface area contributed by atoms with Gasteiger partial charge in [0.25, 0.3) is 0 Å². The minimum atomic E-state index is -0.556. The number of nitrogens with one attached hydrogen (secondary N) is 2. The molecule has 0 radical (unpaired) electrons. The lowest BCUT2D eigenvalue weighted by Gasteiger charge is -2.17. The summed E-state index contributed by atoms with van der Waals surface area (Å²) in [5.74, 6) is -0.642. The third kappa shape index (κ3) is 7.19. The van der Waals surface area contributed by atoms with Gasteiger partial charge in [0.15, 0.2) is 5.13 Å². The van der Waals surface area contributed by atoms with E-state index in [-0.39, 0.29) is 24.1 Å². The molecule has 2 N–H and O–H groups in total. The molecule has 0 aliphatic rings. The summed E-state index contributed by atoms with van der Waals surface area (Å²) in [6, 6.07) is 32.6. The zero-order valence-electron chi connectivity index (χ0n) is 20.7. The van der Waals surface area contributed by atoms with Gasteiger partial charge in [-0.1, -0.05) is 66.7 Å². The molecule has 5 nitrogen and oxygen atoms in total. The molecule has 0 saturated heterocycles. The molecule has 1 heterocycles. The number of thiazole rings is 1. The molecule has 1 atom stereocenters. The standard InChI is InChI=1S/C31H24FN3O2S2/c32-24-16-14-22(15-17-24)27-20-38-31(34-27)35-30(37)29(23-10-5-2-6-11-23)39-26-13-7-12-25(19-26)33-28(36)18-21-8-3-1-4-9-21/h1-17,19-20,29H,18H2,(H,33,36)(H,34,35,37). The molecule has 39 heavy (non-hydrogen) atoms. The number of rotatable bonds is 9. The maximum absolute atomic E-state index is 13.5. The van der Waals surface area contributed by atoms with Crippen LogP contribution in [0.15, 0.2) is 119 Å². The molecule has 5 rings (SSSR count). The number of thioether (sulfide) groups is 1. The molecule has 0 fully saturated rings. The van der Waals surface area contributed by atoms with Crippen molar-refractivity contribution in [2.45, 2.75) is 16.6 Å². The highest BCUT2D eigenvalue weighted by Crippen LogP contribution is 2.37. The van der Waals surface area contributed by atoms with Gasteiger partial charge >= 0.3 is 0 Å². The van der Waals surface area contributed by atoms with Crippen LogP contribution in [0.5, 0.6) is 0 Å². The fourth-order valence-corrected chi connectivity index (χ4v) is 5.73. The number of anilines is 2. The van der Waals surface area contributed by atoms with Gasteiger partial charge in [-0.3, -0.25) is 9.59 Å². The highest BCUT2D eigenvalue weighted by Gasteiger charge is 2.23. The monoisotopic (exact) mass is 553 g/mol. The van der Waals surface area contributed by atoms with E-state index < -0.39 is 5.25 Å². The van der Waals surface area contributed by atoms with E-state index in [2.05, 4.69) is 15.6 Å². The predicted octanol–water partition coefficient (Wildman–Crippen LogP) is 7.60. The Morgan fingerprint density at radius 1 is 0.846 bits per heavy atom. The van der Waals surface area contributed by atoms with Crippen molar-refractivity contribution in [3.63, 3.8) is 0 Å². The van der Waals surface area contributed by atoms with Gasteiger partial charge < -0.3 is 10.6 Å². The van der Waals surface area contributed by atoms with E-state index in [0.717, 1.165) is 21.6 Å². The molecule has 4 aromatic carbocycles. The second kappa shape index (κ2) is 12.5. The third-order valence-electron chi connectivity index (χ3n) is 5.79. The van der Waals surface area contributed by atoms with Crippen molar-refractivity contribution in [3.8, 4) is 11.3 Å². The number of benzene rings is 4. The summed E-state index contributed by atoms with van der Waals surface area (Å²) in [5, 5.41) is 7.62. The minimum Gasteiger partial charge on any atom is -0.326 e. The topological polar surface area (TPSA) is 71.1 Å². The quantitative estimate of drug-likeness (QED) is 0.184. The zero-order valence-corrected chi connectivity index (χ0v) is 22.3. The van der Waals surface area contributed by atoms with Gasteiger partial charge in [0.05, 0.1) is 12.1 Å². The van der Waals surface area contributed by atoms with Crippen molar-refractivity contribution < 1.29 is 14.0 Å². The summed E-state index contributed by atoms with van der Waals surface area (Å²) in [6.07, 6.45) is 0.279. The van der Waals surface area contributed by atoms with Gasteiger partial charge in [-0.15, -0.1) is 23.1 Å². The van der Waals surface area contributed by atoms with E-state index in [9.17, 15) is 14.0 Å². The Kier molecular flexibility index (Phi) is 8.45. The fourth-order valence-electron chi connectivity index (χ4n) is 3.93. The summed E-state index contributed by atoms with van der Waals surface area (Å²) in [6.45, 7) is 0. The Hall–Kier alpha value is -4.27. The van der Waals surface area contributed by atoms with Crippen LogP contribution < -0.4 is 10.6 Å². The average molecular weight is 554 g/mol. The summed E-state index contributed by atoms with van der Waals surface area (Å²) in [4.78, 5) is 31.4. The van der Waals surface area contributed by atoms with Gasteiger partial charge in [0.1, 0.15) is 11.1 Å². The summed E-state index contributed by atoms with van der Waals surface area (Å²) < 4.78 is 13.3. The van der Waals surface area contributed by atoms with E-state index in [1.54, 1.807) is 12.1 Å². The normalized spacial score (nSPS) is 11.5. The minimum absolute atomic E-state index is 0.110. The van der Waals surface area contributed by atoms with Crippen molar-refractivity contribution in [2.24, 2.45) is 0 Å². The van der Waals surface area contributed by atoms with Gasteiger partial charge in [-0.2, -0.15) is 0 Å². The van der Waals surface area contributed by atoms with Crippen LogP contribution in [0.25, 0.3) is 11.3 Å². The molecule has 194 valence electrons. The second-order valence-corrected chi connectivity index (χ2v) is 10.7. The van der Waals surface area contributed by atoms with Crippen LogP contribution in [0.3, 0.4) is 0 Å². The Morgan fingerprint density at radius 2 is 1.56 bits per heavy atom.